The average Bonchev–Trinajstić information content (AvgIpc) is 0.843. The van der Waals surface area contributed by atoms with Crippen LogP contribution in [0, 0.1) is 0 Å². The van der Waals surface area contributed by atoms with E-state index in [1.807, 2.05) is 49.0 Å². The van der Waals surface area contributed by atoms with Crippen molar-refractivity contribution in [2.24, 2.45) is 91.7 Å². The largest absolute Gasteiger partial charge is 0.357 e. The van der Waals surface area contributed by atoms with E-state index in [1.54, 1.807) is 7.05 Å². The predicted octanol–water partition coefficient (Wildman–Crippen LogP) is -11.5. The molecule has 0 unspecified atom stereocenters. The molecule has 0 radical (unpaired) electrons. The van der Waals surface area contributed by atoms with Crippen molar-refractivity contribution in [1.29, 1.82) is 0 Å². The van der Waals surface area contributed by atoms with Crippen molar-refractivity contribution >= 4 is 89.2 Å². The molecular formula is C56H120N46. The number of nitrogens with one attached hydrogen (secondary N) is 5. The van der Waals surface area contributed by atoms with Gasteiger partial charge in [-0.05, 0) is 0 Å². The summed E-state index contributed by atoms with van der Waals surface area (Å²) in [5.41, 5.74) is 97.6. The average molecular weight is 1440 g/mol. The quantitative estimate of drug-likeness (QED) is 0.0172. The van der Waals surface area contributed by atoms with Crippen LogP contribution in [-0.4, -0.2) is 344 Å². The van der Waals surface area contributed by atoms with Gasteiger partial charge in [0.2, 0.25) is 89.2 Å². The molecule has 46 heteroatoms. The fourth-order valence-electron chi connectivity index (χ4n) is 10.4. The second-order valence-corrected chi connectivity index (χ2v) is 22.7. The van der Waals surface area contributed by atoms with E-state index in [0.29, 0.717) is 257 Å². The monoisotopic (exact) mass is 1440 g/mol. The van der Waals surface area contributed by atoms with Crippen molar-refractivity contribution in [2.75, 3.05) is 344 Å². The number of hydrogen-bond acceptors (Lipinski definition) is 46. The Bertz CT molecular complexity index is 2500. The van der Waals surface area contributed by atoms with Crippen LogP contribution in [0.15, 0.2) is 0 Å². The van der Waals surface area contributed by atoms with Gasteiger partial charge in [-0.3, -0.25) is 0 Å². The summed E-state index contributed by atoms with van der Waals surface area (Å²) in [6.45, 7) is 14.2. The molecule has 0 aromatic carbocycles. The van der Waals surface area contributed by atoms with Crippen LogP contribution in [0.4, 0.5) is 89.2 Å². The van der Waals surface area contributed by atoms with Gasteiger partial charge in [-0.2, -0.15) is 74.8 Å². The number of nitrogens with two attached hydrogens (primary N) is 16. The van der Waals surface area contributed by atoms with Gasteiger partial charge in [0.05, 0.1) is 0 Å². The Morgan fingerprint density at radius 3 is 0.412 bits per heavy atom. The Morgan fingerprint density at radius 1 is 0.176 bits per heavy atom. The first-order valence-corrected chi connectivity index (χ1v) is 35.0. The summed E-state index contributed by atoms with van der Waals surface area (Å²) < 4.78 is 0. The fourth-order valence-corrected chi connectivity index (χ4v) is 10.4. The third-order valence-electron chi connectivity index (χ3n) is 15.2. The molecule has 5 heterocycles. The van der Waals surface area contributed by atoms with Gasteiger partial charge in [0.1, 0.15) is 0 Å². The summed E-state index contributed by atoms with van der Waals surface area (Å²) in [5, 5.41) is 17.0. The lowest BCUT2D eigenvalue weighted by atomic mass is 10.4. The molecule has 574 valence electrons. The summed E-state index contributed by atoms with van der Waals surface area (Å²) in [6.07, 6.45) is 0. The first-order chi connectivity index (χ1) is 49.8. The van der Waals surface area contributed by atoms with Crippen LogP contribution in [0.3, 0.4) is 0 Å². The van der Waals surface area contributed by atoms with Gasteiger partial charge in [0.25, 0.3) is 0 Å². The topological polar surface area (TPSA) is 702 Å². The summed E-state index contributed by atoms with van der Waals surface area (Å²) in [7, 11) is 1.73. The maximum absolute atomic E-state index is 6.10. The van der Waals surface area contributed by atoms with Crippen molar-refractivity contribution in [1.82, 2.24) is 74.8 Å². The van der Waals surface area contributed by atoms with Crippen LogP contribution < -0.4 is 167 Å². The predicted molar refractivity (Wildman–Crippen MR) is 410 cm³/mol. The van der Waals surface area contributed by atoms with Crippen LogP contribution in [0.1, 0.15) is 0 Å². The van der Waals surface area contributed by atoms with Crippen molar-refractivity contribution in [3.8, 4) is 0 Å². The molecule has 46 nitrogen and oxygen atoms in total. The second kappa shape index (κ2) is 48.3. The summed E-state index contributed by atoms with van der Waals surface area (Å²) >= 11 is 0. The maximum atomic E-state index is 6.10. The summed E-state index contributed by atoms with van der Waals surface area (Å²) in [5.74, 6) is 4.94. The zero-order chi connectivity index (χ0) is 73.9. The Balaban J connectivity index is 1.69. The Labute approximate surface area is 598 Å². The van der Waals surface area contributed by atoms with E-state index < -0.39 is 0 Å². The molecule has 0 aliphatic rings. The molecule has 0 amide bonds. The van der Waals surface area contributed by atoms with Gasteiger partial charge in [0, 0.05) is 269 Å². The van der Waals surface area contributed by atoms with E-state index in [4.69, 9.17) is 166 Å². The molecular weight excluding hydrogens is 1320 g/mol. The van der Waals surface area contributed by atoms with Crippen molar-refractivity contribution in [2.45, 2.75) is 0 Å². The van der Waals surface area contributed by atoms with Crippen molar-refractivity contribution in [3.05, 3.63) is 0 Å². The third-order valence-corrected chi connectivity index (χ3v) is 15.2. The standard InChI is InChI=1S/C56H120N46/c1-73-42-78-47(101(38-18-74-43-80-49(93(22-2-57)23-3-58)89-50(81-43)94(24-4-59)25-5-60)39-19-75-44-82-51(95(26-6-61)27-7-62)90-52(83-44)96(28-8-63)29-9-64)88-48(79-42)102(40-20-76-45-84-53(97(30-10-65)31-11-66)91-54(85-45)98(32-12-67)33-13-68)41-21-77-46-86-55(99(34-14-69)35-15-70)92-56(87-46)100(36-16-71)37-17-72/h2-41,57-72H2,1H3,(H,73,78,79,88)(H,74,80,81,89)(H,75,82,83,90)(H,76,84,85,91)(H,77,86,87,92). The molecule has 37 N–H and O–H groups in total. The molecule has 0 saturated carbocycles. The molecule has 0 fully saturated rings. The fraction of sp³-hybridized carbons (Fsp3) is 0.732. The van der Waals surface area contributed by atoms with E-state index in [9.17, 15) is 0 Å². The molecule has 0 atom stereocenters. The van der Waals surface area contributed by atoms with Gasteiger partial charge in [-0.25, -0.2) is 0 Å². The van der Waals surface area contributed by atoms with Gasteiger partial charge in [-0.1, -0.05) is 0 Å². The highest BCUT2D eigenvalue weighted by Gasteiger charge is 2.25. The number of nitrogens with zero attached hydrogens (tertiary/aromatic N) is 25. The minimum atomic E-state index is 0.244. The summed E-state index contributed by atoms with van der Waals surface area (Å²) in [4.78, 5) is 93.0. The molecule has 5 rings (SSSR count). The van der Waals surface area contributed by atoms with Gasteiger partial charge >= 0.3 is 0 Å². The first-order valence-electron chi connectivity index (χ1n) is 35.0. The molecule has 0 aliphatic heterocycles. The van der Waals surface area contributed by atoms with E-state index in [1.165, 1.54) is 0 Å². The number of hydrogen-bond donors (Lipinski definition) is 21. The highest BCUT2D eigenvalue weighted by molar-refractivity contribution is 5.52. The van der Waals surface area contributed by atoms with Crippen LogP contribution in [0.5, 0.6) is 0 Å². The highest BCUT2D eigenvalue weighted by atomic mass is 15.4. The van der Waals surface area contributed by atoms with E-state index in [-0.39, 0.29) is 94.0 Å². The molecule has 5 aromatic rings. The van der Waals surface area contributed by atoms with Crippen LogP contribution in [0.25, 0.3) is 0 Å². The van der Waals surface area contributed by atoms with Crippen LogP contribution in [0.2, 0.25) is 0 Å². The molecule has 0 aliphatic carbocycles. The zero-order valence-electron chi connectivity index (χ0n) is 59.7. The molecule has 102 heavy (non-hydrogen) atoms. The van der Waals surface area contributed by atoms with Crippen LogP contribution >= 0.6 is 0 Å². The second-order valence-electron chi connectivity index (χ2n) is 22.7. The number of aromatic nitrogens is 15. The van der Waals surface area contributed by atoms with E-state index >= 15 is 0 Å². The smallest absolute Gasteiger partial charge is 0.232 e. The minimum absolute atomic E-state index is 0.244. The van der Waals surface area contributed by atoms with Gasteiger partial charge < -0.3 is 167 Å². The Morgan fingerprint density at radius 2 is 0.294 bits per heavy atom. The lowest BCUT2D eigenvalue weighted by molar-refractivity contribution is 0.716. The van der Waals surface area contributed by atoms with E-state index in [2.05, 4.69) is 26.6 Å². The highest BCUT2D eigenvalue weighted by Crippen LogP contribution is 2.23. The molecule has 0 spiro atoms. The van der Waals surface area contributed by atoms with E-state index in [0.717, 1.165) is 0 Å². The number of anilines is 15. The Kier molecular flexibility index (Phi) is 39.8. The molecule has 0 bridgehead atoms. The first kappa shape index (κ1) is 84.1. The van der Waals surface area contributed by atoms with Crippen LogP contribution in [-0.2, 0) is 0 Å². The lowest BCUT2D eigenvalue weighted by Crippen LogP contribution is -2.39. The van der Waals surface area contributed by atoms with Crippen molar-refractivity contribution in [3.63, 3.8) is 0 Å². The van der Waals surface area contributed by atoms with Gasteiger partial charge in [0.15, 0.2) is 0 Å². The molecule has 0 saturated heterocycles. The lowest BCUT2D eigenvalue weighted by Gasteiger charge is -2.28. The number of rotatable bonds is 59. The normalized spacial score (nSPS) is 11.2. The molecule has 5 aromatic heterocycles. The zero-order valence-corrected chi connectivity index (χ0v) is 59.7. The third kappa shape index (κ3) is 27.3. The van der Waals surface area contributed by atoms with Crippen molar-refractivity contribution < 1.29 is 0 Å². The SMILES string of the molecule is CNc1nc(N(CCNc2nc(N(CCN)CCN)nc(N(CCN)CCN)n2)CCNc2nc(N(CCN)CCN)nc(N(CCN)CCN)n2)nc(N(CCNc2nc(N(CCN)CCN)nc(N(CCN)CCN)n2)CCNc2nc(N(CCN)CCN)nc(N(CCN)CCN)n2)n1. The van der Waals surface area contributed by atoms with Gasteiger partial charge in [-0.15, -0.1) is 0 Å². The summed E-state index contributed by atoms with van der Waals surface area (Å²) in [6, 6.07) is 0. The Hall–Kier alpha value is -8.59. The maximum Gasteiger partial charge on any atom is 0.232 e. The minimum Gasteiger partial charge on any atom is -0.357 e.